The van der Waals surface area contributed by atoms with Gasteiger partial charge >= 0.3 is 0 Å². The topological polar surface area (TPSA) is 55.3 Å². The number of unbranched alkanes of at least 4 members (excludes halogenated alkanes) is 1. The molecular weight excluding hydrogens is 344 g/mol. The van der Waals surface area contributed by atoms with Crippen LogP contribution in [0.4, 0.5) is 0 Å². The largest absolute Gasteiger partial charge is 0.383 e. The minimum absolute atomic E-state index is 0.308. The summed E-state index contributed by atoms with van der Waals surface area (Å²) >= 11 is 0. The number of hydrogen-bond acceptors (Lipinski definition) is 2. The fourth-order valence-electron chi connectivity index (χ4n) is 3.50. The quantitative estimate of drug-likeness (QED) is 0.576. The number of nitrogens with two attached hydrogens (primary N) is 1. The Balaban J connectivity index is 1.76. The summed E-state index contributed by atoms with van der Waals surface area (Å²) in [7, 11) is 0. The Morgan fingerprint density at radius 3 is 2.79 bits per heavy atom. The number of aromatic nitrogens is 1. The second kappa shape index (κ2) is 10.1. The van der Waals surface area contributed by atoms with Crippen LogP contribution in [0.25, 0.3) is 12.2 Å². The number of hydrogen-bond donors (Lipinski definition) is 2. The van der Waals surface area contributed by atoms with Crippen LogP contribution in [0.5, 0.6) is 0 Å². The monoisotopic (exact) mass is 376 g/mol. The van der Waals surface area contributed by atoms with E-state index < -0.39 is 0 Å². The third-order valence-corrected chi connectivity index (χ3v) is 5.15. The lowest BCUT2D eigenvalue weighted by Crippen LogP contribution is -2.28. The minimum Gasteiger partial charge on any atom is -0.383 e. The molecule has 148 valence electrons. The van der Waals surface area contributed by atoms with Gasteiger partial charge in [-0.2, -0.15) is 0 Å². The van der Waals surface area contributed by atoms with Gasteiger partial charge < -0.3 is 15.6 Å². The van der Waals surface area contributed by atoms with Crippen molar-refractivity contribution in [1.29, 1.82) is 0 Å². The fourth-order valence-corrected chi connectivity index (χ4v) is 3.50. The molecule has 3 rings (SSSR count). The SMILES string of the molecule is C/C=c1/ccn(Cc2ccc(C(N)=NC3CCNC3)cc2)/c1=C/C=C\CCC. The number of benzene rings is 1. The summed E-state index contributed by atoms with van der Waals surface area (Å²) in [6.45, 7) is 7.08. The lowest BCUT2D eigenvalue weighted by Gasteiger charge is -2.08. The summed E-state index contributed by atoms with van der Waals surface area (Å²) in [4.78, 5) is 4.65. The van der Waals surface area contributed by atoms with Crippen molar-refractivity contribution in [3.8, 4) is 0 Å². The second-order valence-electron chi connectivity index (χ2n) is 7.31. The number of aliphatic imine (C=N–C) groups is 1. The van der Waals surface area contributed by atoms with Crippen LogP contribution in [-0.2, 0) is 6.54 Å². The molecule has 28 heavy (non-hydrogen) atoms. The standard InChI is InChI=1S/C24H32N4/c1-3-5-6-7-8-23-20(4-2)14-16-28(23)18-19-9-11-21(12-10-19)24(25)27-22-13-15-26-17-22/h4,6-12,14,16,22,26H,3,5,13,15,17-18H2,1-2H3,(H2,25,27)/b7-6-,20-4-,23-8+. The van der Waals surface area contributed by atoms with Crippen molar-refractivity contribution >= 4 is 18.0 Å². The van der Waals surface area contributed by atoms with Crippen molar-refractivity contribution in [2.45, 2.75) is 45.7 Å². The molecule has 3 N–H and O–H groups in total. The Bertz CT molecular complexity index is 926. The van der Waals surface area contributed by atoms with Crippen molar-refractivity contribution in [1.82, 2.24) is 9.88 Å². The summed E-state index contributed by atoms with van der Waals surface area (Å²) in [5.41, 5.74) is 8.46. The molecule has 0 amide bonds. The number of amidine groups is 1. The van der Waals surface area contributed by atoms with Gasteiger partial charge in [0, 0.05) is 30.2 Å². The number of nitrogens with one attached hydrogen (secondary N) is 1. The molecule has 2 heterocycles. The molecule has 1 fully saturated rings. The zero-order valence-electron chi connectivity index (χ0n) is 17.1. The third-order valence-electron chi connectivity index (χ3n) is 5.15. The molecule has 4 nitrogen and oxygen atoms in total. The molecule has 1 aromatic heterocycles. The van der Waals surface area contributed by atoms with E-state index in [1.54, 1.807) is 0 Å². The highest BCUT2D eigenvalue weighted by Crippen LogP contribution is 2.08. The number of allylic oxidation sites excluding steroid dienone is 2. The Morgan fingerprint density at radius 2 is 2.11 bits per heavy atom. The Hall–Kier alpha value is -2.59. The van der Waals surface area contributed by atoms with Crippen molar-refractivity contribution in [2.75, 3.05) is 13.1 Å². The summed E-state index contributed by atoms with van der Waals surface area (Å²) in [5.74, 6) is 0.638. The first kappa shape index (κ1) is 20.2. The summed E-state index contributed by atoms with van der Waals surface area (Å²) in [5, 5.41) is 5.83. The van der Waals surface area contributed by atoms with E-state index in [9.17, 15) is 0 Å². The lowest BCUT2D eigenvalue weighted by atomic mass is 10.1. The molecule has 1 atom stereocenters. The zero-order chi connectivity index (χ0) is 19.8. The van der Waals surface area contributed by atoms with E-state index in [1.807, 2.05) is 0 Å². The maximum absolute atomic E-state index is 6.20. The van der Waals surface area contributed by atoms with Crippen LogP contribution in [0.1, 0.15) is 44.2 Å². The van der Waals surface area contributed by atoms with Crippen LogP contribution < -0.4 is 21.6 Å². The summed E-state index contributed by atoms with van der Waals surface area (Å²) in [6, 6.07) is 10.9. The van der Waals surface area contributed by atoms with Gasteiger partial charge in [0.1, 0.15) is 5.84 Å². The molecule has 2 aromatic rings. The maximum Gasteiger partial charge on any atom is 0.125 e. The minimum atomic E-state index is 0.308. The molecule has 1 aromatic carbocycles. The third kappa shape index (κ3) is 5.23. The van der Waals surface area contributed by atoms with Crippen molar-refractivity contribution < 1.29 is 0 Å². The molecule has 0 bridgehead atoms. The highest BCUT2D eigenvalue weighted by atomic mass is 15.0. The molecule has 1 unspecified atom stereocenters. The first-order chi connectivity index (χ1) is 13.7. The van der Waals surface area contributed by atoms with Gasteiger partial charge in [-0.25, -0.2) is 0 Å². The molecular formula is C24H32N4. The molecule has 0 saturated carbocycles. The Kier molecular flexibility index (Phi) is 7.26. The van der Waals surface area contributed by atoms with Gasteiger partial charge in [-0.3, -0.25) is 4.99 Å². The van der Waals surface area contributed by atoms with E-state index in [-0.39, 0.29) is 0 Å². The molecule has 0 radical (unpaired) electrons. The zero-order valence-corrected chi connectivity index (χ0v) is 17.1. The first-order valence-corrected chi connectivity index (χ1v) is 10.3. The van der Waals surface area contributed by atoms with Crippen molar-refractivity contribution in [2.24, 2.45) is 10.7 Å². The number of nitrogens with zero attached hydrogens (tertiary/aromatic N) is 2. The van der Waals surface area contributed by atoms with Gasteiger partial charge in [0.15, 0.2) is 0 Å². The highest BCUT2D eigenvalue weighted by molar-refractivity contribution is 5.97. The summed E-state index contributed by atoms with van der Waals surface area (Å²) in [6.07, 6.45) is 14.3. The van der Waals surface area contributed by atoms with Gasteiger partial charge in [0.05, 0.1) is 6.04 Å². The van der Waals surface area contributed by atoms with E-state index in [1.165, 1.54) is 22.6 Å². The van der Waals surface area contributed by atoms with Crippen molar-refractivity contribution in [3.63, 3.8) is 0 Å². The van der Waals surface area contributed by atoms with Crippen molar-refractivity contribution in [3.05, 3.63) is 70.4 Å². The maximum atomic E-state index is 6.20. The Morgan fingerprint density at radius 1 is 1.29 bits per heavy atom. The fraction of sp³-hybridized carbons (Fsp3) is 0.375. The van der Waals surface area contributed by atoms with E-state index in [0.717, 1.165) is 38.0 Å². The van der Waals surface area contributed by atoms with E-state index >= 15 is 0 Å². The smallest absolute Gasteiger partial charge is 0.125 e. The normalized spacial score (nSPS) is 19.2. The van der Waals surface area contributed by atoms with E-state index in [2.05, 4.69) is 89.6 Å². The number of rotatable bonds is 7. The van der Waals surface area contributed by atoms with E-state index in [4.69, 9.17) is 5.73 Å². The molecule has 0 aliphatic carbocycles. The van der Waals surface area contributed by atoms with Gasteiger partial charge in [-0.15, -0.1) is 0 Å². The van der Waals surface area contributed by atoms with Gasteiger partial charge in [0.2, 0.25) is 0 Å². The average molecular weight is 377 g/mol. The first-order valence-electron chi connectivity index (χ1n) is 10.3. The highest BCUT2D eigenvalue weighted by Gasteiger charge is 2.13. The van der Waals surface area contributed by atoms with Crippen LogP contribution in [0.15, 0.2) is 53.7 Å². The summed E-state index contributed by atoms with van der Waals surface area (Å²) < 4.78 is 2.29. The molecule has 4 heteroatoms. The molecule has 0 spiro atoms. The average Bonchev–Trinajstić information content (AvgIpc) is 3.35. The van der Waals surface area contributed by atoms with Gasteiger partial charge in [0.25, 0.3) is 0 Å². The van der Waals surface area contributed by atoms with Crippen LogP contribution in [0.3, 0.4) is 0 Å². The molecule has 1 aliphatic rings. The van der Waals surface area contributed by atoms with Crippen LogP contribution >= 0.6 is 0 Å². The van der Waals surface area contributed by atoms with Crippen LogP contribution in [-0.4, -0.2) is 29.5 Å². The predicted molar refractivity (Wildman–Crippen MR) is 120 cm³/mol. The van der Waals surface area contributed by atoms with Crippen LogP contribution in [0.2, 0.25) is 0 Å². The second-order valence-corrected chi connectivity index (χ2v) is 7.31. The lowest BCUT2D eigenvalue weighted by molar-refractivity contribution is 0.743. The Labute approximate surface area is 168 Å². The van der Waals surface area contributed by atoms with Gasteiger partial charge in [-0.1, -0.05) is 55.8 Å². The van der Waals surface area contributed by atoms with E-state index in [0.29, 0.717) is 11.9 Å². The molecule has 1 saturated heterocycles. The predicted octanol–water partition coefficient (Wildman–Crippen LogP) is 2.54. The molecule has 1 aliphatic heterocycles. The van der Waals surface area contributed by atoms with Gasteiger partial charge in [-0.05, 0) is 49.2 Å². The van der Waals surface area contributed by atoms with Crippen LogP contribution in [0, 0.1) is 0 Å².